The van der Waals surface area contributed by atoms with Crippen LogP contribution in [0.5, 0.6) is 0 Å². The highest BCUT2D eigenvalue weighted by atomic mass is 16.4. The zero-order valence-corrected chi connectivity index (χ0v) is 17.7. The Morgan fingerprint density at radius 2 is 1.90 bits per heavy atom. The van der Waals surface area contributed by atoms with Crippen molar-refractivity contribution >= 4 is 22.9 Å². The third-order valence-corrected chi connectivity index (χ3v) is 6.37. The van der Waals surface area contributed by atoms with Crippen LogP contribution in [0.3, 0.4) is 0 Å². The summed E-state index contributed by atoms with van der Waals surface area (Å²) in [4.78, 5) is 16.8. The van der Waals surface area contributed by atoms with Gasteiger partial charge in [-0.05, 0) is 54.4 Å². The van der Waals surface area contributed by atoms with Crippen LogP contribution in [-0.2, 0) is 0 Å². The molecule has 1 heterocycles. The lowest BCUT2D eigenvalue weighted by Gasteiger charge is -2.22. The van der Waals surface area contributed by atoms with Gasteiger partial charge < -0.3 is 9.52 Å². The first-order chi connectivity index (χ1) is 14.5. The van der Waals surface area contributed by atoms with E-state index in [0.29, 0.717) is 28.5 Å². The predicted molar refractivity (Wildman–Crippen MR) is 122 cm³/mol. The summed E-state index contributed by atoms with van der Waals surface area (Å²) < 4.78 is 5.42. The van der Waals surface area contributed by atoms with E-state index in [1.807, 2.05) is 24.3 Å². The Morgan fingerprint density at radius 3 is 2.60 bits per heavy atom. The van der Waals surface area contributed by atoms with Gasteiger partial charge in [-0.2, -0.15) is 0 Å². The van der Waals surface area contributed by atoms with Crippen LogP contribution >= 0.6 is 0 Å². The lowest BCUT2D eigenvalue weighted by molar-refractivity contribution is 0.443. The van der Waals surface area contributed by atoms with Gasteiger partial charge in [0.05, 0.1) is 0 Å². The summed E-state index contributed by atoms with van der Waals surface area (Å²) in [5.74, 6) is 1.04. The molecule has 0 spiro atoms. The van der Waals surface area contributed by atoms with Crippen molar-refractivity contribution in [2.75, 3.05) is 0 Å². The molecule has 0 aliphatic heterocycles. The van der Waals surface area contributed by atoms with Crippen LogP contribution < -0.4 is 5.63 Å². The van der Waals surface area contributed by atoms with Gasteiger partial charge in [0.1, 0.15) is 11.3 Å². The third-order valence-electron chi connectivity index (χ3n) is 6.37. The van der Waals surface area contributed by atoms with Crippen molar-refractivity contribution in [3.63, 3.8) is 0 Å². The molecule has 1 unspecified atom stereocenters. The van der Waals surface area contributed by atoms with E-state index in [1.165, 1.54) is 43.7 Å². The number of benzene rings is 2. The highest BCUT2D eigenvalue weighted by Crippen LogP contribution is 2.33. The zero-order chi connectivity index (χ0) is 21.1. The maximum atomic E-state index is 12.4. The van der Waals surface area contributed by atoms with Crippen LogP contribution in [0.15, 0.2) is 51.7 Å². The third kappa shape index (κ3) is 4.33. The Balaban J connectivity index is 1.62. The molecule has 2 aromatic carbocycles. The number of aliphatic hydroxyl groups excluding tert-OH is 1. The fourth-order valence-electron chi connectivity index (χ4n) is 4.24. The molecule has 4 rings (SSSR count). The van der Waals surface area contributed by atoms with Gasteiger partial charge in [-0.1, -0.05) is 63.4 Å². The van der Waals surface area contributed by atoms with Gasteiger partial charge in [0.25, 0.3) is 0 Å². The van der Waals surface area contributed by atoms with Crippen molar-refractivity contribution < 1.29 is 9.52 Å². The Labute approximate surface area is 177 Å². The maximum Gasteiger partial charge on any atom is 0.362 e. The van der Waals surface area contributed by atoms with Crippen LogP contribution in [-0.4, -0.2) is 10.1 Å². The molecule has 3 aromatic rings. The SMILES string of the molecule is CCC(C)c1ccc2oc(=O)c(/C=C(\O)c3ccc(C4CCCCC4)cc3)nc2c1. The highest BCUT2D eigenvalue weighted by Gasteiger charge is 2.16. The monoisotopic (exact) mass is 403 g/mol. The summed E-state index contributed by atoms with van der Waals surface area (Å²) in [6.07, 6.45) is 8.81. The van der Waals surface area contributed by atoms with Crippen molar-refractivity contribution in [3.05, 3.63) is 75.3 Å². The zero-order valence-electron chi connectivity index (χ0n) is 17.7. The van der Waals surface area contributed by atoms with Crippen LogP contribution in [0.4, 0.5) is 0 Å². The smallest absolute Gasteiger partial charge is 0.362 e. The maximum absolute atomic E-state index is 12.4. The summed E-state index contributed by atoms with van der Waals surface area (Å²) in [6.45, 7) is 4.29. The average Bonchev–Trinajstić information content (AvgIpc) is 2.79. The molecule has 1 aliphatic carbocycles. The summed E-state index contributed by atoms with van der Waals surface area (Å²) in [5.41, 5.74) is 3.79. The lowest BCUT2D eigenvalue weighted by atomic mass is 9.84. The van der Waals surface area contributed by atoms with Gasteiger partial charge in [-0.15, -0.1) is 0 Å². The molecule has 1 atom stereocenters. The molecular formula is C26H29NO3. The molecule has 30 heavy (non-hydrogen) atoms. The van der Waals surface area contributed by atoms with E-state index in [4.69, 9.17) is 4.42 Å². The Morgan fingerprint density at radius 1 is 1.17 bits per heavy atom. The van der Waals surface area contributed by atoms with Crippen LogP contribution in [0.1, 0.15) is 86.6 Å². The Bertz CT molecular complexity index is 1110. The van der Waals surface area contributed by atoms with Crippen molar-refractivity contribution in [1.82, 2.24) is 4.98 Å². The summed E-state index contributed by atoms with van der Waals surface area (Å²) in [5, 5.41) is 10.6. The van der Waals surface area contributed by atoms with Gasteiger partial charge in [-0.3, -0.25) is 0 Å². The molecule has 156 valence electrons. The number of hydrogen-bond donors (Lipinski definition) is 1. The predicted octanol–water partition coefficient (Wildman–Crippen LogP) is 6.81. The molecule has 0 amide bonds. The molecule has 1 aromatic heterocycles. The fourth-order valence-corrected chi connectivity index (χ4v) is 4.24. The van der Waals surface area contributed by atoms with E-state index in [2.05, 4.69) is 31.0 Å². The minimum Gasteiger partial charge on any atom is -0.507 e. The van der Waals surface area contributed by atoms with E-state index >= 15 is 0 Å². The summed E-state index contributed by atoms with van der Waals surface area (Å²) in [6, 6.07) is 13.7. The minimum absolute atomic E-state index is 0.0161. The normalized spacial score (nSPS) is 16.7. The van der Waals surface area contributed by atoms with Gasteiger partial charge in [0.15, 0.2) is 11.3 Å². The second-order valence-corrected chi connectivity index (χ2v) is 8.41. The van der Waals surface area contributed by atoms with Crippen molar-refractivity contribution in [1.29, 1.82) is 0 Å². The molecule has 1 fully saturated rings. The van der Waals surface area contributed by atoms with Gasteiger partial charge in [-0.25, -0.2) is 9.78 Å². The topological polar surface area (TPSA) is 63.3 Å². The van der Waals surface area contributed by atoms with E-state index in [0.717, 1.165) is 12.0 Å². The molecule has 1 N–H and O–H groups in total. The number of fused-ring (bicyclic) bond motifs is 1. The highest BCUT2D eigenvalue weighted by molar-refractivity contribution is 5.78. The quantitative estimate of drug-likeness (QED) is 0.476. The molecule has 0 saturated heterocycles. The summed E-state index contributed by atoms with van der Waals surface area (Å²) >= 11 is 0. The number of aliphatic hydroxyl groups is 1. The minimum atomic E-state index is -0.552. The van der Waals surface area contributed by atoms with Gasteiger partial charge >= 0.3 is 5.63 Å². The molecule has 0 radical (unpaired) electrons. The average molecular weight is 404 g/mol. The first kappa shape index (κ1) is 20.4. The lowest BCUT2D eigenvalue weighted by Crippen LogP contribution is -2.07. The molecule has 4 heteroatoms. The van der Waals surface area contributed by atoms with E-state index in [9.17, 15) is 9.90 Å². The van der Waals surface area contributed by atoms with Crippen LogP contribution in [0.2, 0.25) is 0 Å². The number of hydrogen-bond acceptors (Lipinski definition) is 4. The Kier molecular flexibility index (Phi) is 6.03. The molecular weight excluding hydrogens is 374 g/mol. The summed E-state index contributed by atoms with van der Waals surface area (Å²) in [7, 11) is 0. The van der Waals surface area contributed by atoms with Gasteiger partial charge in [0.2, 0.25) is 0 Å². The number of rotatable bonds is 5. The molecule has 4 nitrogen and oxygen atoms in total. The van der Waals surface area contributed by atoms with Crippen molar-refractivity contribution in [2.24, 2.45) is 0 Å². The molecule has 1 aliphatic rings. The van der Waals surface area contributed by atoms with Crippen LogP contribution in [0, 0.1) is 0 Å². The van der Waals surface area contributed by atoms with Gasteiger partial charge in [0, 0.05) is 11.6 Å². The first-order valence-corrected chi connectivity index (χ1v) is 11.0. The molecule has 1 saturated carbocycles. The fraction of sp³-hybridized carbons (Fsp3) is 0.385. The van der Waals surface area contributed by atoms with E-state index in [-0.39, 0.29) is 11.5 Å². The van der Waals surface area contributed by atoms with Crippen molar-refractivity contribution in [3.8, 4) is 0 Å². The molecule has 0 bridgehead atoms. The second-order valence-electron chi connectivity index (χ2n) is 8.41. The van der Waals surface area contributed by atoms with E-state index in [1.54, 1.807) is 6.07 Å². The first-order valence-electron chi connectivity index (χ1n) is 11.0. The number of nitrogens with zero attached hydrogens (tertiary/aromatic N) is 1. The largest absolute Gasteiger partial charge is 0.507 e. The Hall–Kier alpha value is -2.88. The van der Waals surface area contributed by atoms with E-state index < -0.39 is 5.63 Å². The van der Waals surface area contributed by atoms with Crippen LogP contribution in [0.25, 0.3) is 22.9 Å². The standard InChI is InChI=1S/C26H29NO3/c1-3-17(2)21-13-14-25-22(15-21)27-23(26(29)30-25)16-24(28)20-11-9-19(10-12-20)18-7-5-4-6-8-18/h9-18,28H,3-8H2,1-2H3/b24-16-. The van der Waals surface area contributed by atoms with Crippen molar-refractivity contribution in [2.45, 2.75) is 64.2 Å². The number of aromatic nitrogens is 1. The second kappa shape index (κ2) is 8.86.